The van der Waals surface area contributed by atoms with Crippen molar-refractivity contribution in [3.8, 4) is 0 Å². The summed E-state index contributed by atoms with van der Waals surface area (Å²) >= 11 is 0. The number of rotatable bonds is 4. The van der Waals surface area contributed by atoms with Crippen molar-refractivity contribution in [3.05, 3.63) is 35.9 Å². The Morgan fingerprint density at radius 1 is 0.941 bits per heavy atom. The lowest BCUT2D eigenvalue weighted by Crippen LogP contribution is -2.29. The summed E-state index contributed by atoms with van der Waals surface area (Å²) in [6.07, 6.45) is 2.56. The third kappa shape index (κ3) is 3.87. The summed E-state index contributed by atoms with van der Waals surface area (Å²) in [5, 5.41) is 0. The van der Waals surface area contributed by atoms with Crippen LogP contribution in [0.3, 0.4) is 0 Å². The summed E-state index contributed by atoms with van der Waals surface area (Å²) in [5.74, 6) is 0.665. The van der Waals surface area contributed by atoms with Crippen molar-refractivity contribution in [1.82, 2.24) is 0 Å². The second kappa shape index (κ2) is 5.25. The van der Waals surface area contributed by atoms with E-state index in [1.54, 1.807) is 0 Å². The molecule has 0 amide bonds. The highest BCUT2D eigenvalue weighted by Crippen LogP contribution is 2.43. The Labute approximate surface area is 107 Å². The van der Waals surface area contributed by atoms with Crippen LogP contribution in [0.2, 0.25) is 0 Å². The molecule has 1 unspecified atom stereocenters. The normalized spacial score (nSPS) is 14.7. The summed E-state index contributed by atoms with van der Waals surface area (Å²) < 4.78 is 0. The van der Waals surface area contributed by atoms with E-state index >= 15 is 0 Å². The second-order valence-corrected chi connectivity index (χ2v) is 6.98. The molecule has 0 aromatic heterocycles. The fourth-order valence-electron chi connectivity index (χ4n) is 1.90. The van der Waals surface area contributed by atoms with E-state index in [1.807, 2.05) is 0 Å². The van der Waals surface area contributed by atoms with Gasteiger partial charge >= 0.3 is 0 Å². The molecule has 96 valence electrons. The molecule has 0 fully saturated rings. The smallest absolute Gasteiger partial charge is 0.0190 e. The third-order valence-electron chi connectivity index (χ3n) is 4.60. The molecular weight excluding hydrogens is 204 g/mol. The monoisotopic (exact) mass is 232 g/mol. The summed E-state index contributed by atoms with van der Waals surface area (Å²) in [7, 11) is 0. The van der Waals surface area contributed by atoms with Crippen LogP contribution in [-0.4, -0.2) is 0 Å². The van der Waals surface area contributed by atoms with E-state index in [4.69, 9.17) is 0 Å². The Balaban J connectivity index is 2.58. The highest BCUT2D eigenvalue weighted by Gasteiger charge is 2.32. The van der Waals surface area contributed by atoms with Gasteiger partial charge in [0.05, 0.1) is 0 Å². The molecule has 0 spiro atoms. The van der Waals surface area contributed by atoms with Crippen molar-refractivity contribution < 1.29 is 0 Å². The highest BCUT2D eigenvalue weighted by molar-refractivity contribution is 5.18. The minimum absolute atomic E-state index is 0.378. The lowest BCUT2D eigenvalue weighted by molar-refractivity contribution is 0.114. The second-order valence-electron chi connectivity index (χ2n) is 6.98. The average molecular weight is 232 g/mol. The molecule has 0 heterocycles. The van der Waals surface area contributed by atoms with Gasteiger partial charge in [-0.15, -0.1) is 0 Å². The Morgan fingerprint density at radius 3 is 1.94 bits per heavy atom. The summed E-state index contributed by atoms with van der Waals surface area (Å²) in [4.78, 5) is 0. The maximum atomic E-state index is 2.39. The topological polar surface area (TPSA) is 0 Å². The zero-order valence-electron chi connectivity index (χ0n) is 12.4. The molecule has 1 atom stereocenters. The highest BCUT2D eigenvalue weighted by atomic mass is 14.4. The Morgan fingerprint density at radius 2 is 1.47 bits per heavy atom. The van der Waals surface area contributed by atoms with Crippen molar-refractivity contribution >= 4 is 0 Å². The molecule has 1 rings (SSSR count). The molecule has 0 N–H and O–H groups in total. The Hall–Kier alpha value is -0.780. The molecule has 0 radical (unpaired) electrons. The first kappa shape index (κ1) is 14.3. The van der Waals surface area contributed by atoms with Gasteiger partial charge in [-0.05, 0) is 35.2 Å². The van der Waals surface area contributed by atoms with E-state index in [2.05, 4.69) is 71.9 Å². The fraction of sp³-hybridized carbons (Fsp3) is 0.647. The lowest BCUT2D eigenvalue weighted by atomic mass is 9.66. The fourth-order valence-corrected chi connectivity index (χ4v) is 1.90. The zero-order chi connectivity index (χ0) is 13.1. The molecule has 1 aromatic rings. The van der Waals surface area contributed by atoms with Crippen LogP contribution in [0.5, 0.6) is 0 Å². The first-order valence-corrected chi connectivity index (χ1v) is 6.79. The van der Waals surface area contributed by atoms with Gasteiger partial charge in [0.25, 0.3) is 0 Å². The van der Waals surface area contributed by atoms with Crippen LogP contribution < -0.4 is 0 Å². The van der Waals surface area contributed by atoms with Crippen LogP contribution in [0.1, 0.15) is 65.9 Å². The van der Waals surface area contributed by atoms with Gasteiger partial charge < -0.3 is 0 Å². The van der Waals surface area contributed by atoms with Crippen molar-refractivity contribution in [2.75, 3.05) is 0 Å². The molecule has 0 aliphatic carbocycles. The van der Waals surface area contributed by atoms with E-state index in [1.165, 1.54) is 18.4 Å². The standard InChI is InChI=1S/C17H28/c1-14(15-10-8-7-9-11-15)12-13-17(5,6)16(2,3)4/h7-11,14H,12-13H2,1-6H3. The van der Waals surface area contributed by atoms with E-state index in [0.29, 0.717) is 16.7 Å². The van der Waals surface area contributed by atoms with E-state index in [9.17, 15) is 0 Å². The summed E-state index contributed by atoms with van der Waals surface area (Å²) in [6.45, 7) is 14.2. The van der Waals surface area contributed by atoms with Gasteiger partial charge in [-0.2, -0.15) is 0 Å². The molecular formula is C17H28. The average Bonchev–Trinajstić information content (AvgIpc) is 2.25. The van der Waals surface area contributed by atoms with Crippen LogP contribution in [0.25, 0.3) is 0 Å². The SMILES string of the molecule is CC(CCC(C)(C)C(C)(C)C)c1ccccc1. The Bertz CT molecular complexity index is 327. The predicted molar refractivity (Wildman–Crippen MR) is 77.3 cm³/mol. The molecule has 0 saturated carbocycles. The first-order chi connectivity index (χ1) is 7.74. The van der Waals surface area contributed by atoms with Crippen molar-refractivity contribution in [1.29, 1.82) is 0 Å². The molecule has 0 nitrogen and oxygen atoms in total. The summed E-state index contributed by atoms with van der Waals surface area (Å²) in [5.41, 5.74) is 2.25. The van der Waals surface area contributed by atoms with Crippen molar-refractivity contribution in [2.24, 2.45) is 10.8 Å². The molecule has 0 heteroatoms. The van der Waals surface area contributed by atoms with Gasteiger partial charge in [0.15, 0.2) is 0 Å². The van der Waals surface area contributed by atoms with Crippen molar-refractivity contribution in [3.63, 3.8) is 0 Å². The lowest BCUT2D eigenvalue weighted by Gasteiger charge is -2.39. The molecule has 1 aromatic carbocycles. The van der Waals surface area contributed by atoms with Gasteiger partial charge in [0.1, 0.15) is 0 Å². The van der Waals surface area contributed by atoms with Crippen LogP contribution in [0.4, 0.5) is 0 Å². The first-order valence-electron chi connectivity index (χ1n) is 6.79. The minimum atomic E-state index is 0.378. The van der Waals surface area contributed by atoms with Gasteiger partial charge in [0, 0.05) is 0 Å². The predicted octanol–water partition coefficient (Wildman–Crippen LogP) is 5.64. The van der Waals surface area contributed by atoms with Gasteiger partial charge in [0.2, 0.25) is 0 Å². The summed E-state index contributed by atoms with van der Waals surface area (Å²) in [6, 6.07) is 10.9. The molecule has 0 saturated heterocycles. The Kier molecular flexibility index (Phi) is 4.41. The van der Waals surface area contributed by atoms with Crippen LogP contribution in [0, 0.1) is 10.8 Å². The molecule has 0 aliphatic rings. The molecule has 0 bridgehead atoms. The third-order valence-corrected chi connectivity index (χ3v) is 4.60. The van der Waals surface area contributed by atoms with Crippen LogP contribution in [-0.2, 0) is 0 Å². The van der Waals surface area contributed by atoms with Gasteiger partial charge in [-0.25, -0.2) is 0 Å². The van der Waals surface area contributed by atoms with Crippen LogP contribution in [0.15, 0.2) is 30.3 Å². The van der Waals surface area contributed by atoms with Gasteiger partial charge in [-0.1, -0.05) is 71.9 Å². The van der Waals surface area contributed by atoms with Crippen molar-refractivity contribution in [2.45, 2.75) is 60.3 Å². The number of hydrogen-bond acceptors (Lipinski definition) is 0. The van der Waals surface area contributed by atoms with Gasteiger partial charge in [-0.3, -0.25) is 0 Å². The maximum absolute atomic E-state index is 2.39. The molecule has 17 heavy (non-hydrogen) atoms. The number of hydrogen-bond donors (Lipinski definition) is 0. The van der Waals surface area contributed by atoms with E-state index < -0.39 is 0 Å². The zero-order valence-corrected chi connectivity index (χ0v) is 12.4. The number of benzene rings is 1. The van der Waals surface area contributed by atoms with E-state index in [0.717, 1.165) is 0 Å². The minimum Gasteiger partial charge on any atom is -0.0622 e. The van der Waals surface area contributed by atoms with Crippen LogP contribution >= 0.6 is 0 Å². The van der Waals surface area contributed by atoms with E-state index in [-0.39, 0.29) is 0 Å². The quantitative estimate of drug-likeness (QED) is 0.630. The largest absolute Gasteiger partial charge is 0.0622 e. The molecule has 0 aliphatic heterocycles. The maximum Gasteiger partial charge on any atom is -0.0190 e.